The fourth-order valence-corrected chi connectivity index (χ4v) is 7.96. The maximum Gasteiger partial charge on any atom is 0.241 e. The standard InChI is InChI=1S/C21H34N2O2/c1-19(2)17-16(4-3-5-25-17)21(19,22)18(24)23-12-20-9-13-6-14(10-20)8-15(7-13)11-20/h13-17H,3-12,22H2,1-2H3,(H,23,24). The van der Waals surface area contributed by atoms with Crippen LogP contribution in [0.4, 0.5) is 0 Å². The molecule has 0 spiro atoms. The highest BCUT2D eigenvalue weighted by molar-refractivity contribution is 5.89. The molecule has 6 rings (SSSR count). The first kappa shape index (κ1) is 16.6. The molecule has 0 radical (unpaired) electrons. The zero-order chi connectivity index (χ0) is 17.4. The average molecular weight is 347 g/mol. The number of hydrogen-bond acceptors (Lipinski definition) is 3. The summed E-state index contributed by atoms with van der Waals surface area (Å²) in [5.74, 6) is 3.04. The molecule has 4 nitrogen and oxygen atoms in total. The fourth-order valence-electron chi connectivity index (χ4n) is 7.96. The van der Waals surface area contributed by atoms with Gasteiger partial charge in [0.25, 0.3) is 0 Å². The van der Waals surface area contributed by atoms with E-state index >= 15 is 0 Å². The Kier molecular flexibility index (Phi) is 3.46. The van der Waals surface area contributed by atoms with Gasteiger partial charge in [-0.25, -0.2) is 0 Å². The van der Waals surface area contributed by atoms with Gasteiger partial charge in [-0.1, -0.05) is 13.8 Å². The number of carbonyl (C=O) groups excluding carboxylic acids is 1. The van der Waals surface area contributed by atoms with Gasteiger partial charge in [0, 0.05) is 24.5 Å². The molecular weight excluding hydrogens is 312 g/mol. The van der Waals surface area contributed by atoms with Crippen LogP contribution in [0.2, 0.25) is 0 Å². The van der Waals surface area contributed by atoms with Crippen LogP contribution in [0.3, 0.4) is 0 Å². The second-order valence-electron chi connectivity index (χ2n) is 10.7. The van der Waals surface area contributed by atoms with E-state index in [0.717, 1.165) is 43.7 Å². The predicted octanol–water partition coefficient (Wildman–Crippen LogP) is 2.85. The van der Waals surface area contributed by atoms with Crippen molar-refractivity contribution in [1.29, 1.82) is 0 Å². The van der Waals surface area contributed by atoms with Gasteiger partial charge in [-0.3, -0.25) is 4.79 Å². The van der Waals surface area contributed by atoms with Crippen LogP contribution in [0.25, 0.3) is 0 Å². The Morgan fingerprint density at radius 1 is 1.12 bits per heavy atom. The summed E-state index contributed by atoms with van der Waals surface area (Å²) >= 11 is 0. The zero-order valence-corrected chi connectivity index (χ0v) is 15.9. The van der Waals surface area contributed by atoms with Crippen LogP contribution in [0.1, 0.15) is 65.2 Å². The molecule has 0 aromatic rings. The minimum Gasteiger partial charge on any atom is -0.377 e. The second kappa shape index (κ2) is 5.22. The Morgan fingerprint density at radius 3 is 2.32 bits per heavy atom. The van der Waals surface area contributed by atoms with E-state index < -0.39 is 5.54 Å². The molecule has 3 N–H and O–H groups in total. The van der Waals surface area contributed by atoms with E-state index in [2.05, 4.69) is 19.2 Å². The molecule has 4 bridgehead atoms. The normalized spacial score (nSPS) is 52.4. The molecule has 0 aromatic heterocycles. The van der Waals surface area contributed by atoms with E-state index in [9.17, 15) is 4.79 Å². The molecular formula is C21H34N2O2. The van der Waals surface area contributed by atoms with Crippen molar-refractivity contribution in [2.24, 2.45) is 40.2 Å². The van der Waals surface area contributed by atoms with Crippen molar-refractivity contribution in [3.05, 3.63) is 0 Å². The Balaban J connectivity index is 1.29. The Morgan fingerprint density at radius 2 is 1.72 bits per heavy atom. The monoisotopic (exact) mass is 346 g/mol. The highest BCUT2D eigenvalue weighted by Crippen LogP contribution is 2.60. The molecule has 3 unspecified atom stereocenters. The van der Waals surface area contributed by atoms with E-state index in [1.165, 1.54) is 38.5 Å². The third kappa shape index (κ3) is 2.16. The Hall–Kier alpha value is -0.610. The van der Waals surface area contributed by atoms with Crippen molar-refractivity contribution >= 4 is 5.91 Å². The summed E-state index contributed by atoms with van der Waals surface area (Å²) in [6, 6.07) is 0. The van der Waals surface area contributed by atoms with Gasteiger partial charge in [-0.2, -0.15) is 0 Å². The van der Waals surface area contributed by atoms with Crippen LogP contribution in [0.15, 0.2) is 0 Å². The summed E-state index contributed by atoms with van der Waals surface area (Å²) < 4.78 is 5.96. The summed E-state index contributed by atoms with van der Waals surface area (Å²) in [6.07, 6.45) is 10.5. The highest BCUT2D eigenvalue weighted by atomic mass is 16.5. The van der Waals surface area contributed by atoms with Crippen LogP contribution in [0.5, 0.6) is 0 Å². The van der Waals surface area contributed by atoms with E-state index in [1.807, 2.05) is 0 Å². The number of carbonyl (C=O) groups is 1. The van der Waals surface area contributed by atoms with Crippen LogP contribution in [-0.2, 0) is 9.53 Å². The first-order valence-corrected chi connectivity index (χ1v) is 10.5. The number of ether oxygens (including phenoxy) is 1. The zero-order valence-electron chi connectivity index (χ0n) is 15.9. The lowest BCUT2D eigenvalue weighted by Crippen LogP contribution is -2.82. The summed E-state index contributed by atoms with van der Waals surface area (Å²) in [5.41, 5.74) is 6.10. The number of rotatable bonds is 3. The van der Waals surface area contributed by atoms with Gasteiger partial charge >= 0.3 is 0 Å². The number of amides is 1. The maximum atomic E-state index is 13.2. The maximum absolute atomic E-state index is 13.2. The van der Waals surface area contributed by atoms with Crippen molar-refractivity contribution in [3.8, 4) is 0 Å². The summed E-state index contributed by atoms with van der Waals surface area (Å²) in [7, 11) is 0. The van der Waals surface area contributed by atoms with Crippen molar-refractivity contribution in [1.82, 2.24) is 5.32 Å². The third-order valence-electron chi connectivity index (χ3n) is 8.85. The van der Waals surface area contributed by atoms with Crippen LogP contribution >= 0.6 is 0 Å². The predicted molar refractivity (Wildman–Crippen MR) is 96.8 cm³/mol. The minimum absolute atomic E-state index is 0.0833. The summed E-state index contributed by atoms with van der Waals surface area (Å²) in [6.45, 7) is 5.89. The van der Waals surface area contributed by atoms with Gasteiger partial charge in [0.1, 0.15) is 5.54 Å². The topological polar surface area (TPSA) is 64.3 Å². The van der Waals surface area contributed by atoms with E-state index in [0.29, 0.717) is 5.41 Å². The van der Waals surface area contributed by atoms with E-state index in [1.54, 1.807) is 0 Å². The van der Waals surface area contributed by atoms with Gasteiger partial charge in [0.2, 0.25) is 5.91 Å². The van der Waals surface area contributed by atoms with Gasteiger partial charge in [-0.05, 0) is 74.5 Å². The SMILES string of the molecule is CC1(C)C2OCCCC2C1(N)C(=O)NCC12CC3CC(CC(C3)C1)C2. The molecule has 0 aromatic carbocycles. The molecule has 5 aliphatic carbocycles. The van der Waals surface area contributed by atoms with E-state index in [-0.39, 0.29) is 23.3 Å². The van der Waals surface area contributed by atoms with Gasteiger partial charge < -0.3 is 15.8 Å². The molecule has 3 atom stereocenters. The van der Waals surface area contributed by atoms with Crippen LogP contribution in [0, 0.1) is 34.5 Å². The van der Waals surface area contributed by atoms with Crippen LogP contribution < -0.4 is 11.1 Å². The van der Waals surface area contributed by atoms with Gasteiger partial charge in [-0.15, -0.1) is 0 Å². The smallest absolute Gasteiger partial charge is 0.241 e. The third-order valence-corrected chi connectivity index (χ3v) is 8.85. The molecule has 4 heteroatoms. The lowest BCUT2D eigenvalue weighted by Gasteiger charge is -2.65. The minimum atomic E-state index is -0.764. The molecule has 25 heavy (non-hydrogen) atoms. The number of nitrogens with one attached hydrogen (secondary N) is 1. The largest absolute Gasteiger partial charge is 0.377 e. The number of fused-ring (bicyclic) bond motifs is 1. The van der Waals surface area contributed by atoms with E-state index in [4.69, 9.17) is 10.5 Å². The Bertz CT molecular complexity index is 551. The van der Waals surface area contributed by atoms with Gasteiger partial charge in [0.05, 0.1) is 6.10 Å². The molecule has 1 heterocycles. The first-order chi connectivity index (χ1) is 11.8. The number of nitrogens with two attached hydrogens (primary N) is 1. The molecule has 140 valence electrons. The van der Waals surface area contributed by atoms with Crippen molar-refractivity contribution in [2.45, 2.75) is 76.9 Å². The van der Waals surface area contributed by atoms with Crippen LogP contribution in [-0.4, -0.2) is 30.7 Å². The quantitative estimate of drug-likeness (QED) is 0.826. The summed E-state index contributed by atoms with van der Waals surface area (Å²) in [5, 5.41) is 3.35. The van der Waals surface area contributed by atoms with Gasteiger partial charge in [0.15, 0.2) is 0 Å². The molecule has 6 fully saturated rings. The molecule has 6 aliphatic rings. The van der Waals surface area contributed by atoms with Crippen molar-refractivity contribution in [2.75, 3.05) is 13.2 Å². The average Bonchev–Trinajstić information content (AvgIpc) is 2.58. The highest BCUT2D eigenvalue weighted by Gasteiger charge is 2.70. The first-order valence-electron chi connectivity index (χ1n) is 10.5. The Labute approximate surface area is 151 Å². The lowest BCUT2D eigenvalue weighted by atomic mass is 9.46. The fraction of sp³-hybridized carbons (Fsp3) is 0.952. The molecule has 5 saturated carbocycles. The van der Waals surface area contributed by atoms with Crippen molar-refractivity contribution in [3.63, 3.8) is 0 Å². The summed E-state index contributed by atoms with van der Waals surface area (Å²) in [4.78, 5) is 13.2. The lowest BCUT2D eigenvalue weighted by molar-refractivity contribution is -0.225. The number of hydrogen-bond donors (Lipinski definition) is 2. The molecule has 1 amide bonds. The molecule has 1 saturated heterocycles. The molecule has 1 aliphatic heterocycles. The second-order valence-corrected chi connectivity index (χ2v) is 10.7. The van der Waals surface area contributed by atoms with Crippen molar-refractivity contribution < 1.29 is 9.53 Å².